The van der Waals surface area contributed by atoms with E-state index in [9.17, 15) is 0 Å². The first-order chi connectivity index (χ1) is 9.71. The van der Waals surface area contributed by atoms with Crippen LogP contribution in [0.15, 0.2) is 36.4 Å². The minimum absolute atomic E-state index is 0.101. The average molecular weight is 269 g/mol. The van der Waals surface area contributed by atoms with Crippen LogP contribution in [0.1, 0.15) is 11.1 Å². The molecule has 0 radical (unpaired) electrons. The van der Waals surface area contributed by atoms with E-state index in [1.54, 1.807) is 7.11 Å². The molecule has 0 fully saturated rings. The van der Waals surface area contributed by atoms with Crippen molar-refractivity contribution in [3.63, 3.8) is 0 Å². The van der Waals surface area contributed by atoms with Gasteiger partial charge in [0.1, 0.15) is 17.6 Å². The lowest BCUT2D eigenvalue weighted by molar-refractivity contribution is 0.242. The molecule has 0 aromatic heterocycles. The molecule has 0 saturated heterocycles. The molecule has 1 aliphatic heterocycles. The number of fused-ring (bicyclic) bond motifs is 1. The zero-order valence-electron chi connectivity index (χ0n) is 11.8. The maximum absolute atomic E-state index is 6.00. The van der Waals surface area contributed by atoms with E-state index in [1.807, 2.05) is 12.1 Å². The van der Waals surface area contributed by atoms with Crippen molar-refractivity contribution in [1.29, 1.82) is 0 Å². The Morgan fingerprint density at radius 1 is 1.25 bits per heavy atom. The second-order valence-corrected chi connectivity index (χ2v) is 5.21. The quantitative estimate of drug-likeness (QED) is 0.931. The predicted molar refractivity (Wildman–Crippen MR) is 80.3 cm³/mol. The first kappa shape index (κ1) is 13.0. The van der Waals surface area contributed by atoms with Crippen LogP contribution in [0.2, 0.25) is 0 Å². The molecule has 0 saturated carbocycles. The lowest BCUT2D eigenvalue weighted by atomic mass is 9.98. The minimum Gasteiger partial charge on any atom is -0.497 e. The third kappa shape index (κ3) is 2.25. The van der Waals surface area contributed by atoms with Gasteiger partial charge in [-0.05, 0) is 41.8 Å². The summed E-state index contributed by atoms with van der Waals surface area (Å²) in [5.74, 6) is 1.84. The second kappa shape index (κ2) is 5.17. The van der Waals surface area contributed by atoms with Crippen molar-refractivity contribution in [2.75, 3.05) is 13.7 Å². The summed E-state index contributed by atoms with van der Waals surface area (Å²) in [6.45, 7) is 2.67. The van der Waals surface area contributed by atoms with E-state index >= 15 is 0 Å². The lowest BCUT2D eigenvalue weighted by Gasteiger charge is -2.12. The Morgan fingerprint density at radius 2 is 2.00 bits per heavy atom. The molecule has 104 valence electrons. The van der Waals surface area contributed by atoms with Crippen molar-refractivity contribution in [1.82, 2.24) is 0 Å². The molecule has 1 atom stereocenters. The number of nitrogens with two attached hydrogens (primary N) is 1. The highest BCUT2D eigenvalue weighted by Gasteiger charge is 2.25. The van der Waals surface area contributed by atoms with Crippen LogP contribution in [0.3, 0.4) is 0 Å². The molecular weight excluding hydrogens is 250 g/mol. The first-order valence-electron chi connectivity index (χ1n) is 6.86. The normalized spacial score (nSPS) is 16.6. The van der Waals surface area contributed by atoms with Crippen LogP contribution in [0.4, 0.5) is 0 Å². The standard InChI is InChI=1S/C17H19NO2/c1-11-7-13-9-15(10-18)20-17(13)16(8-11)12-3-5-14(19-2)6-4-12/h3-8,15H,9-10,18H2,1-2H3/t15-/m0/s1. The molecule has 0 bridgehead atoms. The van der Waals surface area contributed by atoms with Crippen molar-refractivity contribution in [2.45, 2.75) is 19.4 Å². The van der Waals surface area contributed by atoms with Gasteiger partial charge in [0, 0.05) is 18.5 Å². The molecule has 2 aromatic carbocycles. The minimum atomic E-state index is 0.101. The van der Waals surface area contributed by atoms with Gasteiger partial charge in [0.05, 0.1) is 7.11 Å². The largest absolute Gasteiger partial charge is 0.497 e. The summed E-state index contributed by atoms with van der Waals surface area (Å²) >= 11 is 0. The molecule has 0 unspecified atom stereocenters. The van der Waals surface area contributed by atoms with Crippen LogP contribution in [-0.2, 0) is 6.42 Å². The van der Waals surface area contributed by atoms with Crippen molar-refractivity contribution in [3.05, 3.63) is 47.5 Å². The summed E-state index contributed by atoms with van der Waals surface area (Å²) in [6.07, 6.45) is 1.00. The fourth-order valence-corrected chi connectivity index (χ4v) is 2.71. The van der Waals surface area contributed by atoms with Crippen LogP contribution < -0.4 is 15.2 Å². The van der Waals surface area contributed by atoms with E-state index in [-0.39, 0.29) is 6.10 Å². The Labute approximate surface area is 119 Å². The van der Waals surface area contributed by atoms with Crippen LogP contribution in [0.25, 0.3) is 11.1 Å². The van der Waals surface area contributed by atoms with Crippen LogP contribution >= 0.6 is 0 Å². The highest BCUT2D eigenvalue weighted by atomic mass is 16.5. The number of methoxy groups -OCH3 is 1. The highest BCUT2D eigenvalue weighted by molar-refractivity contribution is 5.74. The summed E-state index contributed by atoms with van der Waals surface area (Å²) in [5.41, 5.74) is 10.5. The van der Waals surface area contributed by atoms with Gasteiger partial charge in [-0.15, -0.1) is 0 Å². The topological polar surface area (TPSA) is 44.5 Å². The summed E-state index contributed by atoms with van der Waals surface area (Å²) < 4.78 is 11.2. The molecule has 20 heavy (non-hydrogen) atoms. The molecule has 1 heterocycles. The van der Waals surface area contributed by atoms with Gasteiger partial charge < -0.3 is 15.2 Å². The third-order valence-corrected chi connectivity index (χ3v) is 3.71. The summed E-state index contributed by atoms with van der Waals surface area (Å²) in [4.78, 5) is 0. The van der Waals surface area contributed by atoms with E-state index < -0.39 is 0 Å². The third-order valence-electron chi connectivity index (χ3n) is 3.71. The zero-order chi connectivity index (χ0) is 14.1. The highest BCUT2D eigenvalue weighted by Crippen LogP contribution is 2.40. The van der Waals surface area contributed by atoms with Crippen molar-refractivity contribution < 1.29 is 9.47 Å². The SMILES string of the molecule is COc1ccc(-c2cc(C)cc3c2O[C@H](CN)C3)cc1. The van der Waals surface area contributed by atoms with E-state index in [0.717, 1.165) is 29.0 Å². The molecule has 2 N–H and O–H groups in total. The molecular formula is C17H19NO2. The van der Waals surface area contributed by atoms with Gasteiger partial charge >= 0.3 is 0 Å². The fraction of sp³-hybridized carbons (Fsp3) is 0.294. The van der Waals surface area contributed by atoms with E-state index in [0.29, 0.717) is 6.54 Å². The number of rotatable bonds is 3. The number of ether oxygens (including phenoxy) is 2. The Bertz CT molecular complexity index is 620. The smallest absolute Gasteiger partial charge is 0.130 e. The molecule has 3 heteroatoms. The summed E-state index contributed by atoms with van der Waals surface area (Å²) in [6, 6.07) is 12.4. The number of hydrogen-bond acceptors (Lipinski definition) is 3. The van der Waals surface area contributed by atoms with Crippen molar-refractivity contribution in [3.8, 4) is 22.6 Å². The molecule has 1 aliphatic rings. The number of aryl methyl sites for hydroxylation is 1. The van der Waals surface area contributed by atoms with Gasteiger partial charge in [0.15, 0.2) is 0 Å². The summed E-state index contributed by atoms with van der Waals surface area (Å²) in [5, 5.41) is 0. The Balaban J connectivity index is 2.05. The van der Waals surface area contributed by atoms with E-state index in [4.69, 9.17) is 15.2 Å². The van der Waals surface area contributed by atoms with E-state index in [2.05, 4.69) is 31.2 Å². The first-order valence-corrected chi connectivity index (χ1v) is 6.86. The molecule has 3 rings (SSSR count). The van der Waals surface area contributed by atoms with Crippen LogP contribution in [0.5, 0.6) is 11.5 Å². The van der Waals surface area contributed by atoms with Gasteiger partial charge in [-0.1, -0.05) is 18.2 Å². The maximum atomic E-state index is 6.00. The Morgan fingerprint density at radius 3 is 2.65 bits per heavy atom. The molecule has 0 aliphatic carbocycles. The van der Waals surface area contributed by atoms with E-state index in [1.165, 1.54) is 11.1 Å². The van der Waals surface area contributed by atoms with Gasteiger partial charge in [-0.3, -0.25) is 0 Å². The zero-order valence-corrected chi connectivity index (χ0v) is 11.8. The average Bonchev–Trinajstić information content (AvgIpc) is 2.89. The van der Waals surface area contributed by atoms with Crippen LogP contribution in [-0.4, -0.2) is 19.8 Å². The second-order valence-electron chi connectivity index (χ2n) is 5.21. The fourth-order valence-electron chi connectivity index (χ4n) is 2.71. The Kier molecular flexibility index (Phi) is 3.36. The number of hydrogen-bond donors (Lipinski definition) is 1. The molecule has 0 spiro atoms. The Hall–Kier alpha value is -2.00. The monoisotopic (exact) mass is 269 g/mol. The van der Waals surface area contributed by atoms with Gasteiger partial charge in [0.2, 0.25) is 0 Å². The molecule has 2 aromatic rings. The number of benzene rings is 2. The lowest BCUT2D eigenvalue weighted by Crippen LogP contribution is -2.24. The summed E-state index contributed by atoms with van der Waals surface area (Å²) in [7, 11) is 1.67. The van der Waals surface area contributed by atoms with Gasteiger partial charge in [-0.2, -0.15) is 0 Å². The van der Waals surface area contributed by atoms with Gasteiger partial charge in [-0.25, -0.2) is 0 Å². The molecule has 0 amide bonds. The molecule has 3 nitrogen and oxygen atoms in total. The van der Waals surface area contributed by atoms with Gasteiger partial charge in [0.25, 0.3) is 0 Å². The van der Waals surface area contributed by atoms with Crippen LogP contribution in [0, 0.1) is 6.92 Å². The van der Waals surface area contributed by atoms with Crippen molar-refractivity contribution >= 4 is 0 Å². The van der Waals surface area contributed by atoms with Crippen molar-refractivity contribution in [2.24, 2.45) is 5.73 Å². The predicted octanol–water partition coefficient (Wildman–Crippen LogP) is 2.93. The maximum Gasteiger partial charge on any atom is 0.130 e.